The van der Waals surface area contributed by atoms with E-state index in [2.05, 4.69) is 54.6 Å². The molecule has 2 aromatic carbocycles. The van der Waals surface area contributed by atoms with Crippen molar-refractivity contribution in [2.45, 2.75) is 26.2 Å². The van der Waals surface area contributed by atoms with E-state index in [0.29, 0.717) is 19.2 Å². The van der Waals surface area contributed by atoms with E-state index in [1.165, 1.54) is 5.56 Å². The molecule has 5 nitrogen and oxygen atoms in total. The summed E-state index contributed by atoms with van der Waals surface area (Å²) in [6.45, 7) is 6.57. The van der Waals surface area contributed by atoms with Crippen LogP contribution in [0.1, 0.15) is 26.3 Å². The Morgan fingerprint density at radius 2 is 1.75 bits per heavy atom. The van der Waals surface area contributed by atoms with Gasteiger partial charge in [-0.05, 0) is 35.2 Å². The van der Waals surface area contributed by atoms with Crippen LogP contribution >= 0.6 is 0 Å². The fraction of sp³-hybridized carbons (Fsp3) is 0.227. The molecule has 1 radical (unpaired) electrons. The van der Waals surface area contributed by atoms with E-state index in [1.807, 2.05) is 30.5 Å². The lowest BCUT2D eigenvalue weighted by Gasteiger charge is -2.20. The van der Waals surface area contributed by atoms with Crippen LogP contribution in [0.25, 0.3) is 27.6 Å². The van der Waals surface area contributed by atoms with Crippen LogP contribution in [0.5, 0.6) is 11.5 Å². The zero-order valence-electron chi connectivity index (χ0n) is 16.4. The molecule has 141 valence electrons. The maximum atomic E-state index is 9.10. The first-order valence-electron chi connectivity index (χ1n) is 9.14. The van der Waals surface area contributed by atoms with Crippen molar-refractivity contribution in [3.05, 3.63) is 60.3 Å². The van der Waals surface area contributed by atoms with Crippen molar-refractivity contribution in [2.75, 3.05) is 7.11 Å². The first kappa shape index (κ1) is 18.4. The molecule has 4 rings (SSSR count). The third-order valence-electron chi connectivity index (χ3n) is 4.98. The van der Waals surface area contributed by atoms with E-state index in [0.717, 1.165) is 27.6 Å². The lowest BCUT2D eigenvalue weighted by Crippen LogP contribution is -2.12. The van der Waals surface area contributed by atoms with Crippen molar-refractivity contribution in [1.82, 2.24) is 9.55 Å². The molecule has 0 bridgehead atoms. The van der Waals surface area contributed by atoms with Gasteiger partial charge in [0.15, 0.2) is 5.75 Å². The number of benzene rings is 2. The number of hydrogen-bond acceptors (Lipinski definition) is 4. The van der Waals surface area contributed by atoms with Gasteiger partial charge in [-0.1, -0.05) is 39.0 Å². The Morgan fingerprint density at radius 3 is 2.46 bits per heavy atom. The molecule has 28 heavy (non-hydrogen) atoms. The summed E-state index contributed by atoms with van der Waals surface area (Å²) in [6.07, 6.45) is 1.85. The summed E-state index contributed by atoms with van der Waals surface area (Å²) >= 11 is 0. The molecule has 1 N–H and O–H groups in total. The average molecular weight is 373 g/mol. The second-order valence-corrected chi connectivity index (χ2v) is 7.75. The van der Waals surface area contributed by atoms with Gasteiger partial charge in [-0.25, -0.2) is 4.98 Å². The highest BCUT2D eigenvalue weighted by molar-refractivity contribution is 6.18. The van der Waals surface area contributed by atoms with Gasteiger partial charge in [-0.2, -0.15) is 0 Å². The van der Waals surface area contributed by atoms with Crippen LogP contribution in [0.15, 0.2) is 54.7 Å². The first-order chi connectivity index (χ1) is 13.4. The molecule has 0 saturated heterocycles. The predicted molar refractivity (Wildman–Crippen MR) is 112 cm³/mol. The molecule has 0 atom stereocenters. The predicted octanol–water partition coefficient (Wildman–Crippen LogP) is 4.39. The zero-order valence-corrected chi connectivity index (χ0v) is 16.4. The smallest absolute Gasteiger partial charge is 0.535 e. The maximum Gasteiger partial charge on any atom is 0.569 e. The largest absolute Gasteiger partial charge is 0.569 e. The number of nitrogens with zero attached hydrogens (tertiary/aromatic N) is 2. The normalized spacial score (nSPS) is 11.8. The third-order valence-corrected chi connectivity index (χ3v) is 4.98. The molecule has 6 heteroatoms. The van der Waals surface area contributed by atoms with Crippen molar-refractivity contribution in [3.8, 4) is 17.3 Å². The number of para-hydroxylation sites is 1. The van der Waals surface area contributed by atoms with Crippen molar-refractivity contribution >= 4 is 29.5 Å². The SMILES string of the molecule is COc1cc2c(cc1O[B]O)c1ccccc1n2-c1cc(C(C)(C)C)ccn1. The zero-order chi connectivity index (χ0) is 19.9. The molecule has 0 saturated carbocycles. The Bertz CT molecular complexity index is 1160. The Balaban J connectivity index is 2.07. The van der Waals surface area contributed by atoms with Gasteiger partial charge in [0, 0.05) is 23.0 Å². The van der Waals surface area contributed by atoms with Crippen molar-refractivity contribution in [1.29, 1.82) is 0 Å². The summed E-state index contributed by atoms with van der Waals surface area (Å²) in [4.78, 5) is 4.65. The second-order valence-electron chi connectivity index (χ2n) is 7.75. The van der Waals surface area contributed by atoms with Crippen LogP contribution in [0.3, 0.4) is 0 Å². The van der Waals surface area contributed by atoms with Crippen LogP contribution in [0.4, 0.5) is 0 Å². The highest BCUT2D eigenvalue weighted by Gasteiger charge is 2.19. The minimum Gasteiger partial charge on any atom is -0.535 e. The van der Waals surface area contributed by atoms with Crippen LogP contribution in [0.2, 0.25) is 0 Å². The van der Waals surface area contributed by atoms with E-state index < -0.39 is 0 Å². The highest BCUT2D eigenvalue weighted by atomic mass is 16.5. The molecule has 0 fully saturated rings. The summed E-state index contributed by atoms with van der Waals surface area (Å²) in [5.41, 5.74) is 3.24. The summed E-state index contributed by atoms with van der Waals surface area (Å²) in [5, 5.41) is 11.2. The van der Waals surface area contributed by atoms with Crippen molar-refractivity contribution < 1.29 is 14.4 Å². The van der Waals surface area contributed by atoms with Crippen molar-refractivity contribution in [2.24, 2.45) is 0 Å². The minimum atomic E-state index is 0.0200. The fourth-order valence-corrected chi connectivity index (χ4v) is 3.54. The van der Waals surface area contributed by atoms with Crippen LogP contribution in [0, 0.1) is 0 Å². The maximum absolute atomic E-state index is 9.10. The van der Waals surface area contributed by atoms with Gasteiger partial charge in [0.1, 0.15) is 11.6 Å². The number of aromatic nitrogens is 2. The van der Waals surface area contributed by atoms with Gasteiger partial charge in [-0.3, -0.25) is 4.57 Å². The molecule has 0 aliphatic carbocycles. The molecule has 0 spiro atoms. The molecule has 2 aromatic heterocycles. The number of pyridine rings is 1. The first-order valence-corrected chi connectivity index (χ1v) is 9.14. The summed E-state index contributed by atoms with van der Waals surface area (Å²) in [6, 6.07) is 16.2. The van der Waals surface area contributed by atoms with Gasteiger partial charge >= 0.3 is 7.69 Å². The fourth-order valence-electron chi connectivity index (χ4n) is 3.54. The molecular formula is C22H22BN2O3. The van der Waals surface area contributed by atoms with Gasteiger partial charge in [0.05, 0.1) is 18.1 Å². The Labute approximate surface area is 164 Å². The van der Waals surface area contributed by atoms with E-state index in [1.54, 1.807) is 7.11 Å². The number of hydrogen-bond donors (Lipinski definition) is 1. The Kier molecular flexibility index (Phi) is 4.51. The molecule has 0 aliphatic heterocycles. The molecule has 0 unspecified atom stereocenters. The molecule has 0 amide bonds. The number of methoxy groups -OCH3 is 1. The Hall–Kier alpha value is -2.99. The van der Waals surface area contributed by atoms with Gasteiger partial charge in [-0.15, -0.1) is 0 Å². The second kappa shape index (κ2) is 6.87. The molecule has 2 heterocycles. The number of rotatable bonds is 4. The van der Waals surface area contributed by atoms with Gasteiger partial charge < -0.3 is 14.4 Å². The van der Waals surface area contributed by atoms with Gasteiger partial charge in [0.25, 0.3) is 0 Å². The van der Waals surface area contributed by atoms with Crippen LogP contribution in [-0.4, -0.2) is 29.4 Å². The average Bonchev–Trinajstić information content (AvgIpc) is 3.00. The monoisotopic (exact) mass is 373 g/mol. The van der Waals surface area contributed by atoms with Crippen LogP contribution < -0.4 is 9.39 Å². The molecule has 4 aromatic rings. The third kappa shape index (κ3) is 3.00. The topological polar surface area (TPSA) is 56.5 Å². The van der Waals surface area contributed by atoms with Gasteiger partial charge in [0.2, 0.25) is 0 Å². The van der Waals surface area contributed by atoms with E-state index >= 15 is 0 Å². The molecule has 0 aliphatic rings. The van der Waals surface area contributed by atoms with E-state index in [4.69, 9.17) is 14.4 Å². The standard InChI is InChI=1S/C22H22BN2O3/c1-22(2,3)14-9-10-24-21(11-14)25-17-8-6-5-7-15(17)16-12-20(28-23-26)19(27-4)13-18(16)25/h5-13,26H,1-4H3. The Morgan fingerprint density at radius 1 is 0.964 bits per heavy atom. The minimum absolute atomic E-state index is 0.0200. The lowest BCUT2D eigenvalue weighted by atomic mass is 9.88. The van der Waals surface area contributed by atoms with Crippen LogP contribution in [-0.2, 0) is 5.41 Å². The molecular weight excluding hydrogens is 351 g/mol. The number of ether oxygens (including phenoxy) is 1. The lowest BCUT2D eigenvalue weighted by molar-refractivity contribution is 0.382. The number of fused-ring (bicyclic) bond motifs is 3. The quantitative estimate of drug-likeness (QED) is 0.539. The van der Waals surface area contributed by atoms with Crippen molar-refractivity contribution in [3.63, 3.8) is 0 Å². The summed E-state index contributed by atoms with van der Waals surface area (Å²) < 4.78 is 12.9. The summed E-state index contributed by atoms with van der Waals surface area (Å²) in [5.74, 6) is 1.84. The highest BCUT2D eigenvalue weighted by Crippen LogP contribution is 2.39. The van der Waals surface area contributed by atoms with E-state index in [-0.39, 0.29) is 5.41 Å². The summed E-state index contributed by atoms with van der Waals surface area (Å²) in [7, 11) is 2.24. The van der Waals surface area contributed by atoms with E-state index in [9.17, 15) is 0 Å².